The number of H-pyrrole nitrogens is 1. The normalized spacial score (nSPS) is 22.0. The zero-order valence-electron chi connectivity index (χ0n) is 23.6. The Hall–Kier alpha value is -4.76. The number of nitrogens with zero attached hydrogens (tertiary/aromatic N) is 9. The molecule has 0 aromatic carbocycles. The third kappa shape index (κ3) is 6.08. The van der Waals surface area contributed by atoms with E-state index in [-0.39, 0.29) is 18.1 Å². The van der Waals surface area contributed by atoms with Crippen LogP contribution in [0.15, 0.2) is 49.1 Å². The highest BCUT2D eigenvalue weighted by molar-refractivity contribution is 5.96. The van der Waals surface area contributed by atoms with Crippen LogP contribution >= 0.6 is 0 Å². The number of carbonyl (C=O) groups is 1. The van der Waals surface area contributed by atoms with Gasteiger partial charge in [0.05, 0.1) is 31.1 Å². The smallest absolute Gasteiger partial charge is 0.248 e. The minimum atomic E-state index is -0.604. The predicted molar refractivity (Wildman–Crippen MR) is 156 cm³/mol. The second-order valence-electron chi connectivity index (χ2n) is 10.8. The molecule has 3 aliphatic rings. The van der Waals surface area contributed by atoms with Crippen molar-refractivity contribution >= 4 is 35.4 Å². The molecular formula is C28H32N12O3. The molecule has 3 fully saturated rings. The van der Waals surface area contributed by atoms with Crippen molar-refractivity contribution in [1.82, 2.24) is 40.1 Å². The van der Waals surface area contributed by atoms with Gasteiger partial charge in [-0.25, -0.2) is 4.98 Å². The second kappa shape index (κ2) is 11.9. The Bertz CT molecular complexity index is 1550. The number of rotatable bonds is 9. The van der Waals surface area contributed by atoms with Crippen molar-refractivity contribution in [2.45, 2.75) is 43.4 Å². The number of amides is 1. The molecule has 6 heterocycles. The minimum absolute atomic E-state index is 0.196. The van der Waals surface area contributed by atoms with Crippen molar-refractivity contribution in [2.75, 3.05) is 53.8 Å². The number of ether oxygens (including phenoxy) is 2. The van der Waals surface area contributed by atoms with E-state index in [0.29, 0.717) is 68.1 Å². The Morgan fingerprint density at radius 1 is 1.07 bits per heavy atom. The monoisotopic (exact) mass is 584 g/mol. The van der Waals surface area contributed by atoms with Gasteiger partial charge in [-0.2, -0.15) is 20.1 Å². The lowest BCUT2D eigenvalue weighted by Gasteiger charge is -2.33. The molecule has 15 nitrogen and oxygen atoms in total. The molecule has 0 bridgehead atoms. The van der Waals surface area contributed by atoms with Gasteiger partial charge in [0.1, 0.15) is 12.1 Å². The molecule has 4 aromatic heterocycles. The highest BCUT2D eigenvalue weighted by atomic mass is 16.5. The van der Waals surface area contributed by atoms with Crippen LogP contribution in [0.5, 0.6) is 0 Å². The maximum Gasteiger partial charge on any atom is 0.248 e. The Balaban J connectivity index is 1.21. The summed E-state index contributed by atoms with van der Waals surface area (Å²) in [6.07, 6.45) is 8.67. The number of aromatic amines is 1. The first-order chi connectivity index (χ1) is 21.1. The van der Waals surface area contributed by atoms with E-state index in [9.17, 15) is 4.79 Å². The quantitative estimate of drug-likeness (QED) is 0.262. The van der Waals surface area contributed by atoms with E-state index < -0.39 is 6.04 Å². The number of anilines is 5. The lowest BCUT2D eigenvalue weighted by molar-refractivity contribution is -0.117. The zero-order chi connectivity index (χ0) is 29.2. The molecule has 1 saturated carbocycles. The van der Waals surface area contributed by atoms with Crippen LogP contribution in [-0.2, 0) is 14.3 Å². The van der Waals surface area contributed by atoms with E-state index in [0.717, 1.165) is 24.2 Å². The summed E-state index contributed by atoms with van der Waals surface area (Å²) in [5.74, 6) is 2.39. The number of methoxy groups -OCH3 is 1. The summed E-state index contributed by atoms with van der Waals surface area (Å²) in [7, 11) is 1.64. The fourth-order valence-electron chi connectivity index (χ4n) is 5.39. The van der Waals surface area contributed by atoms with Crippen molar-refractivity contribution in [3.05, 3.63) is 60.4 Å². The molecule has 7 rings (SSSR count). The van der Waals surface area contributed by atoms with Crippen LogP contribution in [0.1, 0.15) is 42.7 Å². The van der Waals surface area contributed by atoms with E-state index in [1.54, 1.807) is 19.5 Å². The summed E-state index contributed by atoms with van der Waals surface area (Å²) in [4.78, 5) is 44.5. The first kappa shape index (κ1) is 27.1. The molecule has 0 radical (unpaired) electrons. The molecule has 3 N–H and O–H groups in total. The van der Waals surface area contributed by atoms with Gasteiger partial charge in [-0.05, 0) is 25.0 Å². The molecule has 43 heavy (non-hydrogen) atoms. The van der Waals surface area contributed by atoms with Gasteiger partial charge in [-0.3, -0.25) is 19.9 Å². The van der Waals surface area contributed by atoms with Crippen LogP contribution in [0.4, 0.5) is 29.5 Å². The van der Waals surface area contributed by atoms with Gasteiger partial charge in [0.15, 0.2) is 11.6 Å². The number of pyridine rings is 1. The molecule has 1 aliphatic carbocycles. The highest BCUT2D eigenvalue weighted by Gasteiger charge is 2.39. The van der Waals surface area contributed by atoms with E-state index in [4.69, 9.17) is 24.4 Å². The Labute approximate surface area is 247 Å². The Morgan fingerprint density at radius 3 is 2.77 bits per heavy atom. The Morgan fingerprint density at radius 2 is 1.98 bits per heavy atom. The van der Waals surface area contributed by atoms with Crippen LogP contribution in [0, 0.1) is 0 Å². The van der Waals surface area contributed by atoms with Crippen LogP contribution in [0.2, 0.25) is 0 Å². The molecule has 2 aliphatic heterocycles. The second-order valence-corrected chi connectivity index (χ2v) is 10.8. The fraction of sp³-hybridized carbons (Fsp3) is 0.429. The number of carbonyl (C=O) groups excluding carboxylic acids is 1. The molecule has 2 saturated heterocycles. The number of hydrogen-bond acceptors (Lipinski definition) is 13. The van der Waals surface area contributed by atoms with E-state index in [2.05, 4.69) is 40.7 Å². The summed E-state index contributed by atoms with van der Waals surface area (Å²) in [5, 5.41) is 13.6. The molecule has 1 unspecified atom stereocenters. The summed E-state index contributed by atoms with van der Waals surface area (Å²) in [5.41, 5.74) is 1.93. The standard InChI is InChI=1S/C28H32N12O3/c1-42-18-12-21(25(41)32-24-14-29-8-9-31-24)40(15-18)28-35-26(33-23-13-20(37-38-23)17-5-6-17)34-27(36-28)39-10-11-43-22(16-39)19-4-2-3-7-30-19/h2-4,7-9,13-14,17-18,21-22H,5-6,10-12,15-16H2,1H3,(H,31,32,41)(H2,33,34,35,36,37,38)/t18-,21-,22?/m0/s1. The lowest BCUT2D eigenvalue weighted by atomic mass is 10.2. The average Bonchev–Trinajstić information content (AvgIpc) is 3.64. The molecule has 222 valence electrons. The molecule has 15 heteroatoms. The van der Waals surface area contributed by atoms with Gasteiger partial charge in [-0.1, -0.05) is 6.07 Å². The Kier molecular flexibility index (Phi) is 7.47. The van der Waals surface area contributed by atoms with Crippen LogP contribution in [0.25, 0.3) is 0 Å². The molecule has 1 amide bonds. The largest absolute Gasteiger partial charge is 0.380 e. The van der Waals surface area contributed by atoms with Gasteiger partial charge >= 0.3 is 0 Å². The SMILES string of the molecule is CO[C@H]1C[C@@H](C(=O)Nc2cnccn2)N(c2nc(Nc3cc(C4CC4)[nH]n3)nc(N3CCOC(c4ccccn4)C3)n2)C1. The number of morpholine rings is 1. The van der Waals surface area contributed by atoms with Gasteiger partial charge in [0.25, 0.3) is 0 Å². The van der Waals surface area contributed by atoms with Crippen molar-refractivity contribution in [2.24, 2.45) is 0 Å². The summed E-state index contributed by atoms with van der Waals surface area (Å²) in [6, 6.07) is 7.15. The number of nitrogens with one attached hydrogen (secondary N) is 3. The number of aromatic nitrogens is 8. The van der Waals surface area contributed by atoms with Crippen LogP contribution in [0.3, 0.4) is 0 Å². The topological polar surface area (TPSA) is 172 Å². The van der Waals surface area contributed by atoms with Crippen molar-refractivity contribution in [3.63, 3.8) is 0 Å². The van der Waals surface area contributed by atoms with Crippen molar-refractivity contribution in [3.8, 4) is 0 Å². The summed E-state index contributed by atoms with van der Waals surface area (Å²) < 4.78 is 11.7. The lowest BCUT2D eigenvalue weighted by Crippen LogP contribution is -2.42. The summed E-state index contributed by atoms with van der Waals surface area (Å²) in [6.45, 7) is 1.99. The van der Waals surface area contributed by atoms with E-state index in [1.807, 2.05) is 29.2 Å². The maximum atomic E-state index is 13.5. The highest BCUT2D eigenvalue weighted by Crippen LogP contribution is 2.39. The fourth-order valence-corrected chi connectivity index (χ4v) is 5.39. The third-order valence-corrected chi connectivity index (χ3v) is 7.80. The van der Waals surface area contributed by atoms with E-state index in [1.165, 1.54) is 12.4 Å². The van der Waals surface area contributed by atoms with Crippen LogP contribution < -0.4 is 20.4 Å². The molecule has 3 atom stereocenters. The predicted octanol–water partition coefficient (Wildman–Crippen LogP) is 2.21. The van der Waals surface area contributed by atoms with E-state index >= 15 is 0 Å². The van der Waals surface area contributed by atoms with Gasteiger partial charge in [-0.15, -0.1) is 0 Å². The summed E-state index contributed by atoms with van der Waals surface area (Å²) >= 11 is 0. The zero-order valence-corrected chi connectivity index (χ0v) is 23.6. The van der Waals surface area contributed by atoms with Gasteiger partial charge in [0, 0.05) is 62.9 Å². The first-order valence-corrected chi connectivity index (χ1v) is 14.3. The van der Waals surface area contributed by atoms with Crippen LogP contribution in [-0.4, -0.2) is 91.5 Å². The number of hydrogen-bond donors (Lipinski definition) is 3. The van der Waals surface area contributed by atoms with Crippen molar-refractivity contribution < 1.29 is 14.3 Å². The maximum absolute atomic E-state index is 13.5. The van der Waals surface area contributed by atoms with Gasteiger partial charge < -0.3 is 29.9 Å². The van der Waals surface area contributed by atoms with Crippen molar-refractivity contribution in [1.29, 1.82) is 0 Å². The minimum Gasteiger partial charge on any atom is -0.380 e. The molecule has 0 spiro atoms. The van der Waals surface area contributed by atoms with Gasteiger partial charge in [0.2, 0.25) is 23.8 Å². The first-order valence-electron chi connectivity index (χ1n) is 14.3. The third-order valence-electron chi connectivity index (χ3n) is 7.80. The molecule has 4 aromatic rings. The average molecular weight is 585 g/mol. The molecular weight excluding hydrogens is 552 g/mol.